The standard InChI is InChI=1S/C7H8N2O/c1-8-7-2-3-9-4-6(7)5-10/h2-5H,1H3,(H,8,9). The maximum Gasteiger partial charge on any atom is 0.153 e. The SMILES string of the molecule is CNc1ccncc1C=O. The number of hydrogen-bond acceptors (Lipinski definition) is 3. The summed E-state index contributed by atoms with van der Waals surface area (Å²) in [5.74, 6) is 0. The molecule has 0 radical (unpaired) electrons. The summed E-state index contributed by atoms with van der Waals surface area (Å²) >= 11 is 0. The second-order valence-corrected chi connectivity index (χ2v) is 1.83. The minimum atomic E-state index is 0.588. The van der Waals surface area contributed by atoms with Gasteiger partial charge < -0.3 is 5.32 Å². The van der Waals surface area contributed by atoms with Crippen LogP contribution in [0.15, 0.2) is 18.5 Å². The Morgan fingerprint density at radius 1 is 1.70 bits per heavy atom. The third-order valence-corrected chi connectivity index (χ3v) is 1.25. The lowest BCUT2D eigenvalue weighted by Gasteiger charge is -1.99. The topological polar surface area (TPSA) is 42.0 Å². The Bertz CT molecular complexity index is 235. The molecule has 0 spiro atoms. The molecule has 0 aliphatic heterocycles. The number of pyridine rings is 1. The zero-order valence-electron chi connectivity index (χ0n) is 5.66. The van der Waals surface area contributed by atoms with Crippen LogP contribution in [0.1, 0.15) is 10.4 Å². The van der Waals surface area contributed by atoms with E-state index in [0.29, 0.717) is 5.56 Å². The number of aromatic nitrogens is 1. The first-order valence-electron chi connectivity index (χ1n) is 2.95. The van der Waals surface area contributed by atoms with Gasteiger partial charge in [0.1, 0.15) is 0 Å². The molecule has 1 heterocycles. The van der Waals surface area contributed by atoms with E-state index in [1.165, 1.54) is 6.20 Å². The molecule has 0 aromatic carbocycles. The molecule has 0 fully saturated rings. The van der Waals surface area contributed by atoms with E-state index in [9.17, 15) is 4.79 Å². The molecule has 1 aromatic rings. The summed E-state index contributed by atoms with van der Waals surface area (Å²) in [7, 11) is 1.77. The van der Waals surface area contributed by atoms with E-state index in [0.717, 1.165) is 12.0 Å². The summed E-state index contributed by atoms with van der Waals surface area (Å²) in [4.78, 5) is 14.1. The Morgan fingerprint density at radius 2 is 2.50 bits per heavy atom. The van der Waals surface area contributed by atoms with Gasteiger partial charge in [0.15, 0.2) is 6.29 Å². The van der Waals surface area contributed by atoms with Gasteiger partial charge in [-0.25, -0.2) is 0 Å². The van der Waals surface area contributed by atoms with Gasteiger partial charge in [0.05, 0.1) is 5.56 Å². The van der Waals surface area contributed by atoms with Gasteiger partial charge >= 0.3 is 0 Å². The molecule has 0 bridgehead atoms. The first-order chi connectivity index (χ1) is 4.88. The molecule has 0 aliphatic carbocycles. The number of carbonyl (C=O) groups is 1. The number of anilines is 1. The van der Waals surface area contributed by atoms with Gasteiger partial charge in [-0.15, -0.1) is 0 Å². The van der Waals surface area contributed by atoms with Crippen LogP contribution in [0, 0.1) is 0 Å². The molecule has 10 heavy (non-hydrogen) atoms. The molecule has 0 atom stereocenters. The van der Waals surface area contributed by atoms with Crippen LogP contribution in [0.25, 0.3) is 0 Å². The van der Waals surface area contributed by atoms with Crippen LogP contribution in [0.4, 0.5) is 5.69 Å². The van der Waals surface area contributed by atoms with Gasteiger partial charge in [-0.05, 0) is 6.07 Å². The van der Waals surface area contributed by atoms with Crippen molar-refractivity contribution in [2.24, 2.45) is 0 Å². The third-order valence-electron chi connectivity index (χ3n) is 1.25. The van der Waals surface area contributed by atoms with E-state index in [1.807, 2.05) is 0 Å². The summed E-state index contributed by atoms with van der Waals surface area (Å²) in [6.45, 7) is 0. The second-order valence-electron chi connectivity index (χ2n) is 1.83. The number of nitrogens with one attached hydrogen (secondary N) is 1. The van der Waals surface area contributed by atoms with E-state index in [-0.39, 0.29) is 0 Å². The molecule has 1 aromatic heterocycles. The van der Waals surface area contributed by atoms with Gasteiger partial charge in [-0.2, -0.15) is 0 Å². The Kier molecular flexibility index (Phi) is 1.99. The highest BCUT2D eigenvalue weighted by Crippen LogP contribution is 2.08. The van der Waals surface area contributed by atoms with Gasteiger partial charge in [0.2, 0.25) is 0 Å². The molecule has 1 rings (SSSR count). The Morgan fingerprint density at radius 3 is 3.00 bits per heavy atom. The minimum absolute atomic E-state index is 0.588. The summed E-state index contributed by atoms with van der Waals surface area (Å²) in [5, 5.41) is 2.88. The Balaban J connectivity index is 3.08. The largest absolute Gasteiger partial charge is 0.387 e. The van der Waals surface area contributed by atoms with Crippen LogP contribution in [0.3, 0.4) is 0 Å². The number of nitrogens with zero attached hydrogens (tertiary/aromatic N) is 1. The lowest BCUT2D eigenvalue weighted by Crippen LogP contribution is -1.93. The van der Waals surface area contributed by atoms with Crippen LogP contribution in [0.5, 0.6) is 0 Å². The van der Waals surface area contributed by atoms with E-state index in [4.69, 9.17) is 0 Å². The van der Waals surface area contributed by atoms with Gasteiger partial charge in [-0.1, -0.05) is 0 Å². The molecule has 0 saturated heterocycles. The Hall–Kier alpha value is -1.38. The number of rotatable bonds is 2. The first-order valence-corrected chi connectivity index (χ1v) is 2.95. The molecule has 0 aliphatic rings. The molecule has 0 amide bonds. The normalized spacial score (nSPS) is 8.90. The fourth-order valence-electron chi connectivity index (χ4n) is 0.728. The van der Waals surface area contributed by atoms with Crippen molar-refractivity contribution in [1.29, 1.82) is 0 Å². The van der Waals surface area contributed by atoms with Crippen molar-refractivity contribution in [3.63, 3.8) is 0 Å². The van der Waals surface area contributed by atoms with Gasteiger partial charge in [0, 0.05) is 25.1 Å². The lowest BCUT2D eigenvalue weighted by molar-refractivity contribution is 0.112. The van der Waals surface area contributed by atoms with E-state index < -0.39 is 0 Å². The van der Waals surface area contributed by atoms with Crippen LogP contribution >= 0.6 is 0 Å². The number of carbonyl (C=O) groups excluding carboxylic acids is 1. The predicted molar refractivity (Wildman–Crippen MR) is 39.2 cm³/mol. The van der Waals surface area contributed by atoms with E-state index in [1.54, 1.807) is 19.3 Å². The summed E-state index contributed by atoms with van der Waals surface area (Å²) < 4.78 is 0. The summed E-state index contributed by atoms with van der Waals surface area (Å²) in [6.07, 6.45) is 3.94. The molecule has 0 unspecified atom stereocenters. The number of aldehydes is 1. The van der Waals surface area contributed by atoms with Crippen LogP contribution in [0.2, 0.25) is 0 Å². The Labute approximate surface area is 59.1 Å². The third kappa shape index (κ3) is 1.13. The molecule has 0 saturated carbocycles. The smallest absolute Gasteiger partial charge is 0.153 e. The monoisotopic (exact) mass is 136 g/mol. The van der Waals surface area contributed by atoms with E-state index in [2.05, 4.69) is 10.3 Å². The van der Waals surface area contributed by atoms with Crippen molar-refractivity contribution in [1.82, 2.24) is 4.98 Å². The fourth-order valence-corrected chi connectivity index (χ4v) is 0.728. The van der Waals surface area contributed by atoms with Crippen molar-refractivity contribution in [3.05, 3.63) is 24.0 Å². The van der Waals surface area contributed by atoms with Crippen molar-refractivity contribution in [2.75, 3.05) is 12.4 Å². The first kappa shape index (κ1) is 6.74. The minimum Gasteiger partial charge on any atom is -0.387 e. The predicted octanol–water partition coefficient (Wildman–Crippen LogP) is 0.936. The quantitative estimate of drug-likeness (QED) is 0.615. The van der Waals surface area contributed by atoms with Gasteiger partial charge in [-0.3, -0.25) is 9.78 Å². The van der Waals surface area contributed by atoms with Crippen molar-refractivity contribution < 1.29 is 4.79 Å². The van der Waals surface area contributed by atoms with Crippen molar-refractivity contribution in [3.8, 4) is 0 Å². The van der Waals surface area contributed by atoms with Gasteiger partial charge in [0.25, 0.3) is 0 Å². The molecule has 52 valence electrons. The highest BCUT2D eigenvalue weighted by atomic mass is 16.1. The molecule has 3 nitrogen and oxygen atoms in total. The fraction of sp³-hybridized carbons (Fsp3) is 0.143. The van der Waals surface area contributed by atoms with E-state index >= 15 is 0 Å². The van der Waals surface area contributed by atoms with Crippen LogP contribution in [-0.4, -0.2) is 18.3 Å². The average Bonchev–Trinajstić information content (AvgIpc) is 2.04. The van der Waals surface area contributed by atoms with Crippen LogP contribution < -0.4 is 5.32 Å². The summed E-state index contributed by atoms with van der Waals surface area (Å²) in [5.41, 5.74) is 1.40. The average molecular weight is 136 g/mol. The highest BCUT2D eigenvalue weighted by molar-refractivity contribution is 5.83. The molecule has 3 heteroatoms. The number of hydrogen-bond donors (Lipinski definition) is 1. The molecule has 1 N–H and O–H groups in total. The zero-order valence-corrected chi connectivity index (χ0v) is 5.66. The molecular weight excluding hydrogens is 128 g/mol. The maximum atomic E-state index is 10.3. The highest BCUT2D eigenvalue weighted by Gasteiger charge is 1.95. The second kappa shape index (κ2) is 2.96. The summed E-state index contributed by atoms with van der Waals surface area (Å²) in [6, 6.07) is 1.75. The van der Waals surface area contributed by atoms with Crippen LogP contribution in [-0.2, 0) is 0 Å². The maximum absolute atomic E-state index is 10.3. The zero-order chi connectivity index (χ0) is 7.40. The van der Waals surface area contributed by atoms with Crippen molar-refractivity contribution in [2.45, 2.75) is 0 Å². The molecular formula is C7H8N2O. The lowest BCUT2D eigenvalue weighted by atomic mass is 10.2. The van der Waals surface area contributed by atoms with Crippen molar-refractivity contribution >= 4 is 12.0 Å².